The van der Waals surface area contributed by atoms with Gasteiger partial charge in [-0.25, -0.2) is 0 Å². The van der Waals surface area contributed by atoms with Gasteiger partial charge in [0.15, 0.2) is 0 Å². The normalized spacial score (nSPS) is 22.5. The predicted molar refractivity (Wildman–Crippen MR) is 94.9 cm³/mol. The minimum atomic E-state index is -1.49. The summed E-state index contributed by atoms with van der Waals surface area (Å²) in [6.45, 7) is 1.93. The van der Waals surface area contributed by atoms with Gasteiger partial charge in [0.25, 0.3) is 0 Å². The van der Waals surface area contributed by atoms with Crippen LogP contribution < -0.4 is 0 Å². The van der Waals surface area contributed by atoms with Crippen LogP contribution in [0.4, 0.5) is 0 Å². The molecular formula is C20H17NO2S. The van der Waals surface area contributed by atoms with E-state index in [4.69, 9.17) is 0 Å². The van der Waals surface area contributed by atoms with E-state index in [1.165, 1.54) is 0 Å². The Labute approximate surface area is 143 Å². The van der Waals surface area contributed by atoms with E-state index in [-0.39, 0.29) is 5.78 Å². The van der Waals surface area contributed by atoms with E-state index < -0.39 is 15.5 Å². The lowest BCUT2D eigenvalue weighted by Crippen LogP contribution is -2.39. The van der Waals surface area contributed by atoms with E-state index in [2.05, 4.69) is 0 Å². The fraction of sp³-hybridized carbons (Fsp3) is 0.150. The first kappa shape index (κ1) is 15.1. The van der Waals surface area contributed by atoms with Crippen molar-refractivity contribution in [2.45, 2.75) is 23.0 Å². The Morgan fingerprint density at radius 3 is 2.42 bits per heavy atom. The van der Waals surface area contributed by atoms with Crippen LogP contribution in [0, 0.1) is 0 Å². The molecule has 4 heteroatoms. The summed E-state index contributed by atoms with van der Waals surface area (Å²) < 4.78 is 14.4. The molecule has 0 fully saturated rings. The van der Waals surface area contributed by atoms with Gasteiger partial charge in [0.05, 0.1) is 27.1 Å². The lowest BCUT2D eigenvalue weighted by Gasteiger charge is -2.29. The van der Waals surface area contributed by atoms with Crippen LogP contribution in [-0.4, -0.2) is 14.6 Å². The molecule has 1 aromatic heterocycles. The highest BCUT2D eigenvalue weighted by atomic mass is 32.2. The molecule has 0 saturated heterocycles. The van der Waals surface area contributed by atoms with Gasteiger partial charge in [-0.1, -0.05) is 49.4 Å². The number of rotatable bonds is 2. The molecule has 0 saturated carbocycles. The van der Waals surface area contributed by atoms with E-state index in [0.717, 1.165) is 11.3 Å². The summed E-state index contributed by atoms with van der Waals surface area (Å²) >= 11 is 0. The summed E-state index contributed by atoms with van der Waals surface area (Å²) in [6, 6.07) is 20.8. The second kappa shape index (κ2) is 5.56. The number of para-hydroxylation sites is 1. The van der Waals surface area contributed by atoms with Gasteiger partial charge in [-0.15, -0.1) is 0 Å². The quantitative estimate of drug-likeness (QED) is 0.708. The first-order valence-corrected chi connectivity index (χ1v) is 9.14. The molecule has 24 heavy (non-hydrogen) atoms. The molecule has 1 unspecified atom stereocenters. The van der Waals surface area contributed by atoms with Crippen LogP contribution in [0.25, 0.3) is 5.69 Å². The van der Waals surface area contributed by atoms with Crippen LogP contribution in [0.5, 0.6) is 0 Å². The number of carbonyl (C=O) groups excluding carboxylic acids is 1. The van der Waals surface area contributed by atoms with Gasteiger partial charge in [0, 0.05) is 6.20 Å². The van der Waals surface area contributed by atoms with Gasteiger partial charge in [0.2, 0.25) is 5.78 Å². The molecule has 0 bridgehead atoms. The molecule has 2 atom stereocenters. The van der Waals surface area contributed by atoms with Crippen LogP contribution in [0.1, 0.15) is 29.4 Å². The fourth-order valence-electron chi connectivity index (χ4n) is 3.51. The lowest BCUT2D eigenvalue weighted by molar-refractivity contribution is 0.0930. The first-order chi connectivity index (χ1) is 11.7. The highest BCUT2D eigenvalue weighted by Gasteiger charge is 2.48. The number of fused-ring (bicyclic) bond motifs is 3. The number of benzene rings is 2. The summed E-state index contributed by atoms with van der Waals surface area (Å²) in [5.41, 5.74) is 2.20. The van der Waals surface area contributed by atoms with Crippen LogP contribution in [0.2, 0.25) is 0 Å². The van der Waals surface area contributed by atoms with Crippen LogP contribution in [0.15, 0.2) is 77.8 Å². The minimum absolute atomic E-state index is 0.0873. The van der Waals surface area contributed by atoms with Crippen molar-refractivity contribution in [1.29, 1.82) is 0 Å². The lowest BCUT2D eigenvalue weighted by atomic mass is 9.89. The third-order valence-corrected chi connectivity index (χ3v) is 6.81. The standard InChI is InChI=1S/C20H17NO2S/c1-2-20(15-9-4-3-5-10-15)19(22)17-12-8-14-21(17)16-11-6-7-13-18(16)24(20)23/h3-14H,2H2,1H3/t20-,24?/m1/s1. The molecule has 3 aromatic rings. The van der Waals surface area contributed by atoms with E-state index >= 15 is 0 Å². The molecule has 0 amide bonds. The number of hydrogen-bond acceptors (Lipinski definition) is 2. The second-order valence-corrected chi connectivity index (χ2v) is 7.55. The first-order valence-electron chi connectivity index (χ1n) is 7.99. The van der Waals surface area contributed by atoms with Gasteiger partial charge in [0.1, 0.15) is 4.75 Å². The van der Waals surface area contributed by atoms with Crippen molar-refractivity contribution in [1.82, 2.24) is 4.57 Å². The monoisotopic (exact) mass is 335 g/mol. The van der Waals surface area contributed by atoms with Crippen LogP contribution in [0.3, 0.4) is 0 Å². The molecule has 0 aliphatic carbocycles. The smallest absolute Gasteiger partial charge is 0.202 e. The molecule has 120 valence electrons. The Bertz CT molecular complexity index is 945. The predicted octanol–water partition coefficient (Wildman–Crippen LogP) is 4.09. The van der Waals surface area contributed by atoms with E-state index in [0.29, 0.717) is 17.0 Å². The summed E-state index contributed by atoms with van der Waals surface area (Å²) in [7, 11) is -1.49. The van der Waals surface area contributed by atoms with Crippen molar-refractivity contribution in [3.05, 3.63) is 84.2 Å². The Balaban J connectivity index is 2.10. The number of aromatic nitrogens is 1. The zero-order valence-corrected chi connectivity index (χ0v) is 14.1. The van der Waals surface area contributed by atoms with Gasteiger partial charge in [-0.2, -0.15) is 0 Å². The summed E-state index contributed by atoms with van der Waals surface area (Å²) in [5.74, 6) is -0.0873. The second-order valence-electron chi connectivity index (χ2n) is 5.88. The van der Waals surface area contributed by atoms with Gasteiger partial charge >= 0.3 is 0 Å². The maximum Gasteiger partial charge on any atom is 0.202 e. The number of hydrogen-bond donors (Lipinski definition) is 0. The van der Waals surface area contributed by atoms with Crippen molar-refractivity contribution in [3.8, 4) is 5.69 Å². The third kappa shape index (κ3) is 1.89. The van der Waals surface area contributed by atoms with Gasteiger partial charge < -0.3 is 4.57 Å². The van der Waals surface area contributed by atoms with Gasteiger partial charge in [-0.3, -0.25) is 9.00 Å². The molecule has 0 N–H and O–H groups in total. The number of Topliss-reactive ketones (excluding diaryl/α,β-unsaturated/α-hetero) is 1. The average Bonchev–Trinajstić information content (AvgIpc) is 3.10. The topological polar surface area (TPSA) is 39.1 Å². The van der Waals surface area contributed by atoms with Crippen molar-refractivity contribution in [3.63, 3.8) is 0 Å². The zero-order chi connectivity index (χ0) is 16.7. The maximum atomic E-state index is 13.6. The van der Waals surface area contributed by atoms with Gasteiger partial charge in [-0.05, 0) is 36.2 Å². The highest BCUT2D eigenvalue weighted by Crippen LogP contribution is 2.43. The molecule has 0 radical (unpaired) electrons. The number of nitrogens with zero attached hydrogens (tertiary/aromatic N) is 1. The van der Waals surface area contributed by atoms with Crippen LogP contribution in [-0.2, 0) is 15.5 Å². The number of carbonyl (C=O) groups is 1. The van der Waals surface area contributed by atoms with Crippen molar-refractivity contribution in [2.24, 2.45) is 0 Å². The van der Waals surface area contributed by atoms with E-state index in [9.17, 15) is 9.00 Å². The SMILES string of the molecule is CC[C@@]1(c2ccccc2)C(=O)c2cccn2-c2ccccc2S1=O. The molecule has 2 heterocycles. The molecule has 1 aliphatic heterocycles. The summed E-state index contributed by atoms with van der Waals surface area (Å²) in [6.07, 6.45) is 2.34. The van der Waals surface area contributed by atoms with E-state index in [1.807, 2.05) is 84.4 Å². The zero-order valence-electron chi connectivity index (χ0n) is 13.3. The van der Waals surface area contributed by atoms with Crippen molar-refractivity contribution in [2.75, 3.05) is 0 Å². The summed E-state index contributed by atoms with van der Waals surface area (Å²) in [5, 5.41) is 0. The van der Waals surface area contributed by atoms with E-state index in [1.54, 1.807) is 0 Å². The van der Waals surface area contributed by atoms with Crippen LogP contribution >= 0.6 is 0 Å². The minimum Gasteiger partial charge on any atom is -0.313 e. The molecule has 2 aromatic carbocycles. The Hall–Kier alpha value is -2.46. The molecule has 4 rings (SSSR count). The molecule has 3 nitrogen and oxygen atoms in total. The van der Waals surface area contributed by atoms with Crippen molar-refractivity contribution >= 4 is 16.6 Å². The number of ketones is 1. The molecule has 0 spiro atoms. The highest BCUT2D eigenvalue weighted by molar-refractivity contribution is 7.87. The third-order valence-electron chi connectivity index (χ3n) is 4.73. The Morgan fingerprint density at radius 2 is 1.67 bits per heavy atom. The maximum absolute atomic E-state index is 13.6. The Kier molecular flexibility index (Phi) is 3.50. The molecular weight excluding hydrogens is 318 g/mol. The average molecular weight is 335 g/mol. The Morgan fingerprint density at radius 1 is 0.958 bits per heavy atom. The fourth-order valence-corrected chi connectivity index (χ4v) is 5.33. The molecule has 1 aliphatic rings. The summed E-state index contributed by atoms with van der Waals surface area (Å²) in [4.78, 5) is 14.2. The largest absolute Gasteiger partial charge is 0.313 e. The van der Waals surface area contributed by atoms with Crippen molar-refractivity contribution < 1.29 is 9.00 Å².